The van der Waals surface area contributed by atoms with Crippen LogP contribution >= 0.6 is 0 Å². The highest BCUT2D eigenvalue weighted by Crippen LogP contribution is 2.30. The van der Waals surface area contributed by atoms with E-state index in [1.54, 1.807) is 24.3 Å². The molecule has 0 saturated heterocycles. The molecule has 0 unspecified atom stereocenters. The lowest BCUT2D eigenvalue weighted by atomic mass is 9.76. The number of carboxylic acid groups (broad SMARTS) is 1. The van der Waals surface area contributed by atoms with Crippen LogP contribution in [0, 0.1) is 0 Å². The molecule has 0 bridgehead atoms. The van der Waals surface area contributed by atoms with E-state index in [0.29, 0.717) is 12.0 Å². The zero-order chi connectivity index (χ0) is 17.4. The number of carboxylic acids is 1. The minimum atomic E-state index is -1.11. The molecule has 0 fully saturated rings. The van der Waals surface area contributed by atoms with E-state index in [0.717, 1.165) is 18.4 Å². The van der Waals surface area contributed by atoms with E-state index in [2.05, 4.69) is 5.32 Å². The molecule has 2 aromatic rings. The van der Waals surface area contributed by atoms with Crippen molar-refractivity contribution in [2.45, 2.75) is 31.6 Å². The van der Waals surface area contributed by atoms with E-state index >= 15 is 0 Å². The van der Waals surface area contributed by atoms with Crippen molar-refractivity contribution in [3.05, 3.63) is 71.8 Å². The van der Waals surface area contributed by atoms with Crippen LogP contribution in [0.25, 0.3) is 0 Å². The molecule has 0 heterocycles. The molecular formula is C20H23NO3. The molecular weight excluding hydrogens is 302 g/mol. The molecule has 1 amide bonds. The maximum absolute atomic E-state index is 12.3. The number of unbranched alkanes of at least 4 members (excludes halogenated alkanes) is 1. The third kappa shape index (κ3) is 4.02. The lowest BCUT2D eigenvalue weighted by Gasteiger charge is -2.30. The Morgan fingerprint density at radius 3 is 2.12 bits per heavy atom. The molecule has 0 radical (unpaired) electrons. The lowest BCUT2D eigenvalue weighted by molar-refractivity contribution is -0.144. The number of amides is 1. The summed E-state index contributed by atoms with van der Waals surface area (Å²) in [5.41, 5.74) is 0.140. The van der Waals surface area contributed by atoms with Gasteiger partial charge in [-0.2, -0.15) is 0 Å². The van der Waals surface area contributed by atoms with Crippen LogP contribution in [-0.2, 0) is 10.2 Å². The van der Waals surface area contributed by atoms with Crippen LogP contribution in [0.15, 0.2) is 60.7 Å². The number of hydrogen-bond acceptors (Lipinski definition) is 2. The summed E-state index contributed by atoms with van der Waals surface area (Å²) in [6.45, 7) is 2.10. The average molecular weight is 325 g/mol. The molecule has 24 heavy (non-hydrogen) atoms. The minimum Gasteiger partial charge on any atom is -0.481 e. The van der Waals surface area contributed by atoms with Gasteiger partial charge in [0.25, 0.3) is 5.91 Å². The molecule has 0 aliphatic heterocycles. The summed E-state index contributed by atoms with van der Waals surface area (Å²) >= 11 is 0. The highest BCUT2D eigenvalue weighted by atomic mass is 16.4. The molecule has 0 aliphatic rings. The lowest BCUT2D eigenvalue weighted by Crippen LogP contribution is -2.46. The molecule has 2 aromatic carbocycles. The fourth-order valence-electron chi connectivity index (χ4n) is 2.80. The average Bonchev–Trinajstić information content (AvgIpc) is 2.63. The van der Waals surface area contributed by atoms with Crippen LogP contribution in [0.5, 0.6) is 0 Å². The molecule has 4 nitrogen and oxygen atoms in total. The number of aliphatic carboxylic acids is 1. The Morgan fingerprint density at radius 2 is 1.58 bits per heavy atom. The van der Waals surface area contributed by atoms with Gasteiger partial charge in [0.15, 0.2) is 0 Å². The van der Waals surface area contributed by atoms with Gasteiger partial charge in [-0.1, -0.05) is 68.3 Å². The quantitative estimate of drug-likeness (QED) is 0.779. The molecule has 0 aliphatic carbocycles. The first-order valence-electron chi connectivity index (χ1n) is 8.22. The Bertz CT molecular complexity index is 670. The van der Waals surface area contributed by atoms with E-state index in [9.17, 15) is 14.7 Å². The number of carbonyl (C=O) groups is 2. The van der Waals surface area contributed by atoms with Gasteiger partial charge in [-0.3, -0.25) is 9.59 Å². The third-order valence-electron chi connectivity index (χ3n) is 4.28. The Kier molecular flexibility index (Phi) is 6.13. The highest BCUT2D eigenvalue weighted by Gasteiger charge is 2.40. The van der Waals surface area contributed by atoms with Gasteiger partial charge in [-0.25, -0.2) is 0 Å². The van der Waals surface area contributed by atoms with Crippen molar-refractivity contribution >= 4 is 11.9 Å². The van der Waals surface area contributed by atoms with Crippen LogP contribution in [0.4, 0.5) is 0 Å². The number of nitrogens with one attached hydrogen (secondary N) is 1. The summed E-state index contributed by atoms with van der Waals surface area (Å²) in [6.07, 6.45) is 2.16. The molecule has 0 aromatic heterocycles. The van der Waals surface area contributed by atoms with Gasteiger partial charge in [-0.05, 0) is 24.1 Å². The third-order valence-corrected chi connectivity index (χ3v) is 4.28. The first-order valence-corrected chi connectivity index (χ1v) is 8.22. The van der Waals surface area contributed by atoms with Gasteiger partial charge in [0.2, 0.25) is 0 Å². The first kappa shape index (κ1) is 17.7. The minimum absolute atomic E-state index is 0.0695. The largest absolute Gasteiger partial charge is 0.481 e. The van der Waals surface area contributed by atoms with Crippen LogP contribution in [0.3, 0.4) is 0 Å². The molecule has 2 N–H and O–H groups in total. The molecule has 4 heteroatoms. The topological polar surface area (TPSA) is 66.4 Å². The summed E-state index contributed by atoms with van der Waals surface area (Å²) in [4.78, 5) is 24.4. The van der Waals surface area contributed by atoms with Gasteiger partial charge in [0, 0.05) is 12.1 Å². The standard InChI is InChI=1S/C20H23NO3/c1-2-3-14-20(19(23)24,17-12-8-5-9-13-17)15-21-18(22)16-10-6-4-7-11-16/h4-13H,2-3,14-15H2,1H3,(H,21,22)(H,23,24)/t20-/m0/s1. The van der Waals surface area contributed by atoms with Gasteiger partial charge in [0.05, 0.1) is 0 Å². The zero-order valence-corrected chi connectivity index (χ0v) is 13.9. The Balaban J connectivity index is 2.25. The molecule has 1 atom stereocenters. The van der Waals surface area contributed by atoms with Crippen LogP contribution < -0.4 is 5.32 Å². The number of carbonyl (C=O) groups excluding carboxylic acids is 1. The van der Waals surface area contributed by atoms with Crippen LogP contribution in [0.2, 0.25) is 0 Å². The summed E-state index contributed by atoms with van der Waals surface area (Å²) in [5, 5.41) is 12.7. The second kappa shape index (κ2) is 8.29. The van der Waals surface area contributed by atoms with Crippen molar-refractivity contribution in [1.82, 2.24) is 5.32 Å². The number of hydrogen-bond donors (Lipinski definition) is 2. The Hall–Kier alpha value is -2.62. The van der Waals surface area contributed by atoms with Gasteiger partial charge < -0.3 is 10.4 Å². The predicted octanol–water partition coefficient (Wildman–Crippen LogP) is 3.63. The van der Waals surface area contributed by atoms with E-state index in [1.807, 2.05) is 43.3 Å². The summed E-state index contributed by atoms with van der Waals surface area (Å²) in [7, 11) is 0. The Morgan fingerprint density at radius 1 is 1.00 bits per heavy atom. The van der Waals surface area contributed by atoms with Crippen molar-refractivity contribution in [2.24, 2.45) is 0 Å². The van der Waals surface area contributed by atoms with E-state index < -0.39 is 11.4 Å². The number of rotatable bonds is 8. The van der Waals surface area contributed by atoms with Crippen molar-refractivity contribution < 1.29 is 14.7 Å². The molecule has 0 saturated carbocycles. The van der Waals surface area contributed by atoms with Gasteiger partial charge >= 0.3 is 5.97 Å². The smallest absolute Gasteiger partial charge is 0.315 e. The second-order valence-electron chi connectivity index (χ2n) is 5.91. The van der Waals surface area contributed by atoms with Crippen molar-refractivity contribution in [3.63, 3.8) is 0 Å². The normalized spacial score (nSPS) is 13.0. The summed E-state index contributed by atoms with van der Waals surface area (Å²) in [5.74, 6) is -1.16. The highest BCUT2D eigenvalue weighted by molar-refractivity contribution is 5.94. The van der Waals surface area contributed by atoms with Gasteiger partial charge in [0.1, 0.15) is 5.41 Å². The van der Waals surface area contributed by atoms with Crippen molar-refractivity contribution in [2.75, 3.05) is 6.54 Å². The molecule has 2 rings (SSSR count). The second-order valence-corrected chi connectivity index (χ2v) is 5.91. The maximum Gasteiger partial charge on any atom is 0.315 e. The van der Waals surface area contributed by atoms with Crippen molar-refractivity contribution in [3.8, 4) is 0 Å². The monoisotopic (exact) mass is 325 g/mol. The van der Waals surface area contributed by atoms with E-state index in [-0.39, 0.29) is 12.5 Å². The maximum atomic E-state index is 12.3. The van der Waals surface area contributed by atoms with Gasteiger partial charge in [-0.15, -0.1) is 0 Å². The van der Waals surface area contributed by atoms with Crippen LogP contribution in [0.1, 0.15) is 42.1 Å². The Labute approximate surface area is 142 Å². The fraction of sp³-hybridized carbons (Fsp3) is 0.300. The molecule has 126 valence electrons. The molecule has 0 spiro atoms. The zero-order valence-electron chi connectivity index (χ0n) is 13.9. The van der Waals surface area contributed by atoms with Crippen molar-refractivity contribution in [1.29, 1.82) is 0 Å². The number of benzene rings is 2. The fourth-order valence-corrected chi connectivity index (χ4v) is 2.80. The van der Waals surface area contributed by atoms with E-state index in [1.165, 1.54) is 0 Å². The summed E-state index contributed by atoms with van der Waals surface area (Å²) in [6, 6.07) is 18.0. The predicted molar refractivity (Wildman–Crippen MR) is 94.1 cm³/mol. The SMILES string of the molecule is CCCC[C@@](CNC(=O)c1ccccc1)(C(=O)O)c1ccccc1. The first-order chi connectivity index (χ1) is 11.6. The van der Waals surface area contributed by atoms with Crippen LogP contribution in [-0.4, -0.2) is 23.5 Å². The van der Waals surface area contributed by atoms with E-state index in [4.69, 9.17) is 0 Å². The summed E-state index contributed by atoms with van der Waals surface area (Å²) < 4.78 is 0.